The second-order valence-electron chi connectivity index (χ2n) is 4.04. The summed E-state index contributed by atoms with van der Waals surface area (Å²) in [6.07, 6.45) is 0.768. The van der Waals surface area contributed by atoms with E-state index in [1.165, 1.54) is 10.5 Å². The molecular formula is C13H16N2OS. The van der Waals surface area contributed by atoms with Crippen LogP contribution in [-0.4, -0.2) is 23.5 Å². The zero-order chi connectivity index (χ0) is 12.3. The van der Waals surface area contributed by atoms with Crippen LogP contribution in [0.4, 0.5) is 0 Å². The number of thioether (sulfide) groups is 1. The van der Waals surface area contributed by atoms with E-state index in [9.17, 15) is 4.79 Å². The largest absolute Gasteiger partial charge is 0.312 e. The van der Waals surface area contributed by atoms with Crippen molar-refractivity contribution in [1.29, 1.82) is 0 Å². The first-order valence-electron chi connectivity index (χ1n) is 5.76. The predicted molar refractivity (Wildman–Crippen MR) is 71.6 cm³/mol. The SMILES string of the molecule is CCC1N=C(CSc2ccccc2C)NC1=O. The average molecular weight is 248 g/mol. The van der Waals surface area contributed by atoms with Crippen molar-refractivity contribution in [3.05, 3.63) is 29.8 Å². The van der Waals surface area contributed by atoms with Gasteiger partial charge in [0.15, 0.2) is 0 Å². The summed E-state index contributed by atoms with van der Waals surface area (Å²) in [6, 6.07) is 8.06. The smallest absolute Gasteiger partial charge is 0.250 e. The number of nitrogens with zero attached hydrogens (tertiary/aromatic N) is 1. The molecule has 1 aromatic carbocycles. The van der Waals surface area contributed by atoms with Gasteiger partial charge >= 0.3 is 0 Å². The molecule has 0 aliphatic carbocycles. The highest BCUT2D eigenvalue weighted by Crippen LogP contribution is 2.22. The van der Waals surface area contributed by atoms with Crippen LogP contribution in [0.25, 0.3) is 0 Å². The number of carbonyl (C=O) groups is 1. The van der Waals surface area contributed by atoms with E-state index in [2.05, 4.69) is 29.4 Å². The summed E-state index contributed by atoms with van der Waals surface area (Å²) in [6.45, 7) is 4.07. The number of carbonyl (C=O) groups excluding carboxylic acids is 1. The molecule has 17 heavy (non-hydrogen) atoms. The molecule has 1 aliphatic heterocycles. The summed E-state index contributed by atoms with van der Waals surface area (Å²) < 4.78 is 0. The van der Waals surface area contributed by atoms with Gasteiger partial charge in [-0.1, -0.05) is 25.1 Å². The highest BCUT2D eigenvalue weighted by atomic mass is 32.2. The quantitative estimate of drug-likeness (QED) is 0.831. The van der Waals surface area contributed by atoms with E-state index in [4.69, 9.17) is 0 Å². The third-order valence-corrected chi connectivity index (χ3v) is 3.91. The van der Waals surface area contributed by atoms with Crippen molar-refractivity contribution in [3.8, 4) is 0 Å². The maximum absolute atomic E-state index is 11.5. The minimum atomic E-state index is -0.178. The van der Waals surface area contributed by atoms with Crippen molar-refractivity contribution < 1.29 is 4.79 Å². The number of rotatable bonds is 4. The lowest BCUT2D eigenvalue weighted by atomic mass is 10.2. The lowest BCUT2D eigenvalue weighted by Gasteiger charge is -2.04. The van der Waals surface area contributed by atoms with Gasteiger partial charge in [0.25, 0.3) is 0 Å². The number of benzene rings is 1. The molecule has 0 spiro atoms. The molecule has 0 fully saturated rings. The molecule has 2 rings (SSSR count). The molecule has 1 atom stereocenters. The van der Waals surface area contributed by atoms with Crippen LogP contribution in [-0.2, 0) is 4.79 Å². The van der Waals surface area contributed by atoms with Crippen molar-refractivity contribution >= 4 is 23.5 Å². The van der Waals surface area contributed by atoms with Gasteiger partial charge in [-0.2, -0.15) is 0 Å². The number of amides is 1. The Morgan fingerprint density at radius 2 is 2.18 bits per heavy atom. The van der Waals surface area contributed by atoms with Crippen molar-refractivity contribution in [2.75, 3.05) is 5.75 Å². The fraction of sp³-hybridized carbons (Fsp3) is 0.385. The van der Waals surface area contributed by atoms with Crippen LogP contribution in [0.5, 0.6) is 0 Å². The van der Waals surface area contributed by atoms with Crippen LogP contribution in [0.1, 0.15) is 18.9 Å². The molecule has 1 N–H and O–H groups in total. The predicted octanol–water partition coefficient (Wildman–Crippen LogP) is 2.39. The number of hydrogen-bond donors (Lipinski definition) is 1. The summed E-state index contributed by atoms with van der Waals surface area (Å²) in [4.78, 5) is 17.1. The van der Waals surface area contributed by atoms with Crippen LogP contribution in [0.3, 0.4) is 0 Å². The Balaban J connectivity index is 1.96. The van der Waals surface area contributed by atoms with E-state index in [-0.39, 0.29) is 11.9 Å². The average Bonchev–Trinajstić information content (AvgIpc) is 2.69. The van der Waals surface area contributed by atoms with Crippen LogP contribution in [0.2, 0.25) is 0 Å². The van der Waals surface area contributed by atoms with Gasteiger partial charge in [-0.05, 0) is 25.0 Å². The molecule has 1 amide bonds. The monoisotopic (exact) mass is 248 g/mol. The van der Waals surface area contributed by atoms with E-state index in [1.54, 1.807) is 11.8 Å². The molecule has 0 saturated carbocycles. The first kappa shape index (κ1) is 12.2. The third kappa shape index (κ3) is 2.88. The van der Waals surface area contributed by atoms with Crippen LogP contribution < -0.4 is 5.32 Å². The maximum atomic E-state index is 11.5. The fourth-order valence-electron chi connectivity index (χ4n) is 1.72. The van der Waals surface area contributed by atoms with Gasteiger partial charge in [0.1, 0.15) is 11.9 Å². The van der Waals surface area contributed by atoms with Crippen LogP contribution >= 0.6 is 11.8 Å². The second-order valence-corrected chi connectivity index (χ2v) is 5.06. The van der Waals surface area contributed by atoms with E-state index in [0.29, 0.717) is 0 Å². The summed E-state index contributed by atoms with van der Waals surface area (Å²) in [7, 11) is 0. The van der Waals surface area contributed by atoms with Crippen molar-refractivity contribution in [2.45, 2.75) is 31.2 Å². The minimum Gasteiger partial charge on any atom is -0.312 e. The van der Waals surface area contributed by atoms with E-state index < -0.39 is 0 Å². The molecule has 1 heterocycles. The van der Waals surface area contributed by atoms with Gasteiger partial charge in [0.05, 0.1) is 5.75 Å². The lowest BCUT2D eigenvalue weighted by Crippen LogP contribution is -2.29. The number of aryl methyl sites for hydroxylation is 1. The lowest BCUT2D eigenvalue weighted by molar-refractivity contribution is -0.120. The Bertz CT molecular complexity index is 456. The molecular weight excluding hydrogens is 232 g/mol. The van der Waals surface area contributed by atoms with Crippen molar-refractivity contribution in [2.24, 2.45) is 4.99 Å². The topological polar surface area (TPSA) is 41.5 Å². The van der Waals surface area contributed by atoms with Crippen LogP contribution in [0.15, 0.2) is 34.2 Å². The Hall–Kier alpha value is -1.29. The van der Waals surface area contributed by atoms with Crippen LogP contribution in [0, 0.1) is 6.92 Å². The third-order valence-electron chi connectivity index (χ3n) is 2.73. The molecule has 3 nitrogen and oxygen atoms in total. The molecule has 0 aromatic heterocycles. The summed E-state index contributed by atoms with van der Waals surface area (Å²) in [5.41, 5.74) is 1.26. The van der Waals surface area contributed by atoms with E-state index in [0.717, 1.165) is 18.0 Å². The molecule has 1 aromatic rings. The Kier molecular flexibility index (Phi) is 3.84. The van der Waals surface area contributed by atoms with Crippen molar-refractivity contribution in [3.63, 3.8) is 0 Å². The number of amidine groups is 1. The van der Waals surface area contributed by atoms with E-state index >= 15 is 0 Å². The van der Waals surface area contributed by atoms with E-state index in [1.807, 2.05) is 19.1 Å². The normalized spacial score (nSPS) is 19.1. The van der Waals surface area contributed by atoms with Gasteiger partial charge in [-0.15, -0.1) is 11.8 Å². The van der Waals surface area contributed by atoms with Gasteiger partial charge < -0.3 is 5.32 Å². The Morgan fingerprint density at radius 1 is 1.41 bits per heavy atom. The number of nitrogens with one attached hydrogen (secondary N) is 1. The molecule has 0 bridgehead atoms. The fourth-order valence-corrected chi connectivity index (χ4v) is 2.63. The van der Waals surface area contributed by atoms with Gasteiger partial charge in [-0.25, -0.2) is 0 Å². The zero-order valence-corrected chi connectivity index (χ0v) is 10.9. The van der Waals surface area contributed by atoms with Gasteiger partial charge in [-0.3, -0.25) is 9.79 Å². The Morgan fingerprint density at radius 3 is 2.82 bits per heavy atom. The minimum absolute atomic E-state index is 0.0351. The zero-order valence-electron chi connectivity index (χ0n) is 10.1. The molecule has 0 saturated heterocycles. The summed E-state index contributed by atoms with van der Waals surface area (Å²) >= 11 is 1.71. The van der Waals surface area contributed by atoms with Gasteiger partial charge in [0.2, 0.25) is 5.91 Å². The molecule has 4 heteroatoms. The first-order chi connectivity index (χ1) is 8.20. The standard InChI is InChI=1S/C13H16N2OS/c1-3-10-13(16)15-12(14-10)8-17-11-7-5-4-6-9(11)2/h4-7,10H,3,8H2,1-2H3,(H,14,15,16). The summed E-state index contributed by atoms with van der Waals surface area (Å²) in [5, 5.41) is 2.83. The molecule has 0 radical (unpaired) electrons. The highest BCUT2D eigenvalue weighted by molar-refractivity contribution is 8.00. The molecule has 1 aliphatic rings. The Labute approximate surface area is 106 Å². The van der Waals surface area contributed by atoms with Crippen molar-refractivity contribution in [1.82, 2.24) is 5.32 Å². The number of aliphatic imine (C=N–C) groups is 1. The molecule has 1 unspecified atom stereocenters. The highest BCUT2D eigenvalue weighted by Gasteiger charge is 2.23. The maximum Gasteiger partial charge on any atom is 0.250 e. The second kappa shape index (κ2) is 5.36. The number of hydrogen-bond acceptors (Lipinski definition) is 3. The summed E-state index contributed by atoms with van der Waals surface area (Å²) in [5.74, 6) is 1.57. The molecule has 90 valence electrons. The van der Waals surface area contributed by atoms with Gasteiger partial charge in [0, 0.05) is 4.90 Å². The first-order valence-corrected chi connectivity index (χ1v) is 6.75.